The lowest BCUT2D eigenvalue weighted by molar-refractivity contribution is -0.132. The summed E-state index contributed by atoms with van der Waals surface area (Å²) in [6.07, 6.45) is 7.78. The standard InChI is InChI=1S/C23H25NOS/c1-23-14-12-22(25)24(15-13-17-6-4-3-5-7-17)21(23)11-8-18-16-19(26-2)9-10-20(18)23/h3-7,9-11,16H,8,12-15H2,1-2H3/t23-/m1/s1. The Balaban J connectivity index is 1.63. The van der Waals surface area contributed by atoms with Crippen LogP contribution in [0.15, 0.2) is 65.2 Å². The van der Waals surface area contributed by atoms with Crippen molar-refractivity contribution in [3.63, 3.8) is 0 Å². The van der Waals surface area contributed by atoms with Crippen molar-refractivity contribution in [2.24, 2.45) is 0 Å². The van der Waals surface area contributed by atoms with Gasteiger partial charge in [0.05, 0.1) is 0 Å². The second-order valence-electron chi connectivity index (χ2n) is 7.43. The summed E-state index contributed by atoms with van der Waals surface area (Å²) in [7, 11) is 0. The van der Waals surface area contributed by atoms with Crippen molar-refractivity contribution in [1.29, 1.82) is 0 Å². The number of fused-ring (bicyclic) bond motifs is 3. The van der Waals surface area contributed by atoms with Gasteiger partial charge in [0.2, 0.25) is 5.91 Å². The van der Waals surface area contributed by atoms with Gasteiger partial charge < -0.3 is 4.90 Å². The fourth-order valence-electron chi connectivity index (χ4n) is 4.40. The highest BCUT2D eigenvalue weighted by Gasteiger charge is 2.43. The lowest BCUT2D eigenvalue weighted by Crippen LogP contribution is -2.47. The molecule has 1 aliphatic heterocycles. The van der Waals surface area contributed by atoms with Gasteiger partial charge in [-0.25, -0.2) is 0 Å². The average Bonchev–Trinajstić information content (AvgIpc) is 2.68. The quantitative estimate of drug-likeness (QED) is 0.715. The lowest BCUT2D eigenvalue weighted by atomic mass is 9.68. The van der Waals surface area contributed by atoms with E-state index in [2.05, 4.69) is 66.6 Å². The van der Waals surface area contributed by atoms with E-state index in [4.69, 9.17) is 0 Å². The number of hydrogen-bond acceptors (Lipinski definition) is 2. The molecule has 0 radical (unpaired) electrons. The molecule has 1 amide bonds. The minimum atomic E-state index is -0.0465. The van der Waals surface area contributed by atoms with Crippen LogP contribution in [0.5, 0.6) is 0 Å². The molecule has 0 bridgehead atoms. The number of thioether (sulfide) groups is 1. The maximum atomic E-state index is 12.7. The highest BCUT2D eigenvalue weighted by Crippen LogP contribution is 2.46. The molecule has 2 aliphatic rings. The van der Waals surface area contributed by atoms with E-state index in [9.17, 15) is 4.79 Å². The van der Waals surface area contributed by atoms with E-state index >= 15 is 0 Å². The maximum absolute atomic E-state index is 12.7. The Morgan fingerprint density at radius 3 is 2.73 bits per heavy atom. The SMILES string of the molecule is CSc1ccc2c(c1)CC=C1N(CCc3ccccc3)C(=O)CC[C@@]12C. The van der Waals surface area contributed by atoms with E-state index < -0.39 is 0 Å². The molecule has 1 fully saturated rings. The Morgan fingerprint density at radius 1 is 1.15 bits per heavy atom. The molecule has 0 unspecified atom stereocenters. The molecular formula is C23H25NOS. The van der Waals surface area contributed by atoms with Crippen LogP contribution in [0, 0.1) is 0 Å². The van der Waals surface area contributed by atoms with Crippen molar-refractivity contribution in [3.05, 3.63) is 77.0 Å². The molecule has 2 aromatic carbocycles. The number of rotatable bonds is 4. The number of nitrogens with zero attached hydrogens (tertiary/aromatic N) is 1. The Bertz CT molecular complexity index is 858. The summed E-state index contributed by atoms with van der Waals surface area (Å²) in [5.41, 5.74) is 5.28. The van der Waals surface area contributed by atoms with E-state index in [1.807, 2.05) is 6.07 Å². The van der Waals surface area contributed by atoms with Crippen LogP contribution in [0.1, 0.15) is 36.5 Å². The van der Waals surface area contributed by atoms with Gasteiger partial charge in [-0.3, -0.25) is 4.79 Å². The minimum absolute atomic E-state index is 0.0465. The van der Waals surface area contributed by atoms with E-state index in [-0.39, 0.29) is 11.3 Å². The Kier molecular flexibility index (Phi) is 4.66. The second kappa shape index (κ2) is 6.96. The highest BCUT2D eigenvalue weighted by molar-refractivity contribution is 7.98. The summed E-state index contributed by atoms with van der Waals surface area (Å²) in [6, 6.07) is 17.3. The zero-order valence-electron chi connectivity index (χ0n) is 15.5. The number of piperidine rings is 1. The summed E-state index contributed by atoms with van der Waals surface area (Å²) >= 11 is 1.79. The highest BCUT2D eigenvalue weighted by atomic mass is 32.2. The molecule has 1 saturated heterocycles. The fourth-order valence-corrected chi connectivity index (χ4v) is 4.87. The van der Waals surface area contributed by atoms with Crippen molar-refractivity contribution in [1.82, 2.24) is 4.90 Å². The minimum Gasteiger partial charge on any atom is -0.315 e. The molecule has 4 rings (SSSR count). The van der Waals surface area contributed by atoms with Crippen molar-refractivity contribution in [2.45, 2.75) is 42.9 Å². The average molecular weight is 364 g/mol. The largest absolute Gasteiger partial charge is 0.315 e. The van der Waals surface area contributed by atoms with Crippen LogP contribution in [0.2, 0.25) is 0 Å². The fraction of sp³-hybridized carbons (Fsp3) is 0.348. The van der Waals surface area contributed by atoms with Gasteiger partial charge >= 0.3 is 0 Å². The molecule has 2 aromatic rings. The molecule has 1 heterocycles. The first kappa shape index (κ1) is 17.4. The molecule has 1 aliphatic carbocycles. The van der Waals surface area contributed by atoms with Crippen molar-refractivity contribution >= 4 is 17.7 Å². The van der Waals surface area contributed by atoms with Crippen LogP contribution in [0.3, 0.4) is 0 Å². The number of hydrogen-bond donors (Lipinski definition) is 0. The molecule has 2 nitrogen and oxygen atoms in total. The number of carbonyl (C=O) groups excluding carboxylic acids is 1. The first-order valence-electron chi connectivity index (χ1n) is 9.34. The molecule has 1 atom stereocenters. The normalized spacial score (nSPS) is 21.8. The third-order valence-electron chi connectivity index (χ3n) is 5.89. The molecule has 3 heteroatoms. The number of benzene rings is 2. The maximum Gasteiger partial charge on any atom is 0.226 e. The van der Waals surface area contributed by atoms with E-state index in [0.717, 1.165) is 25.8 Å². The summed E-state index contributed by atoms with van der Waals surface area (Å²) in [6.45, 7) is 3.08. The first-order chi connectivity index (χ1) is 12.6. The molecule has 0 aromatic heterocycles. The van der Waals surface area contributed by atoms with E-state index in [1.165, 1.54) is 27.3 Å². The first-order valence-corrected chi connectivity index (χ1v) is 10.6. The predicted molar refractivity (Wildman–Crippen MR) is 108 cm³/mol. The van der Waals surface area contributed by atoms with Crippen LogP contribution in [0.25, 0.3) is 0 Å². The van der Waals surface area contributed by atoms with Gasteiger partial charge in [-0.2, -0.15) is 0 Å². The summed E-state index contributed by atoms with van der Waals surface area (Å²) in [4.78, 5) is 16.1. The summed E-state index contributed by atoms with van der Waals surface area (Å²) in [5.74, 6) is 0.272. The van der Waals surface area contributed by atoms with Crippen LogP contribution in [0.4, 0.5) is 0 Å². The third kappa shape index (κ3) is 2.99. The Hall–Kier alpha value is -2.00. The van der Waals surface area contributed by atoms with Crippen LogP contribution in [-0.4, -0.2) is 23.6 Å². The van der Waals surface area contributed by atoms with E-state index in [0.29, 0.717) is 6.42 Å². The number of amides is 1. The van der Waals surface area contributed by atoms with Crippen molar-refractivity contribution in [2.75, 3.05) is 12.8 Å². The molecule has 0 N–H and O–H groups in total. The number of carbonyl (C=O) groups is 1. The van der Waals surface area contributed by atoms with Gasteiger partial charge in [0.25, 0.3) is 0 Å². The monoisotopic (exact) mass is 363 g/mol. The van der Waals surface area contributed by atoms with Crippen molar-refractivity contribution < 1.29 is 4.79 Å². The Morgan fingerprint density at radius 2 is 1.96 bits per heavy atom. The number of allylic oxidation sites excluding steroid dienone is 2. The zero-order chi connectivity index (χ0) is 18.1. The topological polar surface area (TPSA) is 20.3 Å². The van der Waals surface area contributed by atoms with Gasteiger partial charge in [0.1, 0.15) is 0 Å². The summed E-state index contributed by atoms with van der Waals surface area (Å²) in [5, 5.41) is 0. The third-order valence-corrected chi connectivity index (χ3v) is 6.61. The van der Waals surface area contributed by atoms with Gasteiger partial charge in [0.15, 0.2) is 0 Å². The smallest absolute Gasteiger partial charge is 0.226 e. The molecule has 134 valence electrons. The van der Waals surface area contributed by atoms with Crippen LogP contribution < -0.4 is 0 Å². The number of likely N-dealkylation sites (tertiary alicyclic amines) is 1. The van der Waals surface area contributed by atoms with Gasteiger partial charge in [-0.1, -0.05) is 42.5 Å². The second-order valence-corrected chi connectivity index (χ2v) is 8.31. The molecule has 26 heavy (non-hydrogen) atoms. The van der Waals surface area contributed by atoms with E-state index in [1.54, 1.807) is 11.8 Å². The van der Waals surface area contributed by atoms with Crippen LogP contribution in [-0.2, 0) is 23.1 Å². The van der Waals surface area contributed by atoms with Gasteiger partial charge in [0, 0.05) is 29.0 Å². The van der Waals surface area contributed by atoms with Crippen LogP contribution >= 0.6 is 11.8 Å². The predicted octanol–water partition coefficient (Wildman–Crippen LogP) is 4.97. The van der Waals surface area contributed by atoms with Gasteiger partial charge in [-0.05, 0) is 61.3 Å². The zero-order valence-corrected chi connectivity index (χ0v) is 16.3. The summed E-state index contributed by atoms with van der Waals surface area (Å²) < 4.78 is 0. The molecular weight excluding hydrogens is 338 g/mol. The molecule has 0 spiro atoms. The lowest BCUT2D eigenvalue weighted by Gasteiger charge is -2.46. The molecule has 0 saturated carbocycles. The van der Waals surface area contributed by atoms with Gasteiger partial charge in [-0.15, -0.1) is 11.8 Å². The Labute approximate surface area is 160 Å². The van der Waals surface area contributed by atoms with Crippen molar-refractivity contribution in [3.8, 4) is 0 Å².